The molecule has 1 aromatic heterocycles. The molecular formula is C13H23N2Si. The van der Waals surface area contributed by atoms with Gasteiger partial charge in [-0.05, 0) is 11.1 Å². The Morgan fingerprint density at radius 3 is 2.31 bits per heavy atom. The van der Waals surface area contributed by atoms with E-state index in [1.807, 2.05) is 18.5 Å². The van der Waals surface area contributed by atoms with Crippen molar-refractivity contribution in [2.75, 3.05) is 0 Å². The van der Waals surface area contributed by atoms with Gasteiger partial charge in [0.15, 0.2) is 0 Å². The molecule has 89 valence electrons. The molecule has 0 unspecified atom stereocenters. The van der Waals surface area contributed by atoms with E-state index in [0.717, 1.165) is 11.9 Å². The predicted octanol–water partition coefficient (Wildman–Crippen LogP) is 3.65. The Morgan fingerprint density at radius 2 is 1.81 bits per heavy atom. The lowest BCUT2D eigenvalue weighted by atomic mass is 10.2. The van der Waals surface area contributed by atoms with Crippen molar-refractivity contribution in [3.63, 3.8) is 0 Å². The lowest BCUT2D eigenvalue weighted by Gasteiger charge is -2.28. The first kappa shape index (κ1) is 13.4. The molecule has 0 atom stereocenters. The van der Waals surface area contributed by atoms with Crippen LogP contribution in [0, 0.1) is 0 Å². The molecule has 3 heteroatoms. The van der Waals surface area contributed by atoms with E-state index < -0.39 is 8.80 Å². The summed E-state index contributed by atoms with van der Waals surface area (Å²) in [6.07, 6.45) is 6.34. The van der Waals surface area contributed by atoms with Crippen LogP contribution >= 0.6 is 0 Å². The first-order valence-electron chi connectivity index (χ1n) is 6.15. The third-order valence-electron chi connectivity index (χ3n) is 2.88. The highest BCUT2D eigenvalue weighted by molar-refractivity contribution is 6.61. The van der Waals surface area contributed by atoms with E-state index in [-0.39, 0.29) is 0 Å². The smallest absolute Gasteiger partial charge is 0.125 e. The van der Waals surface area contributed by atoms with Crippen molar-refractivity contribution in [2.24, 2.45) is 0 Å². The van der Waals surface area contributed by atoms with Gasteiger partial charge in [0, 0.05) is 18.4 Å². The molecule has 1 radical (unpaired) electrons. The molecule has 0 amide bonds. The zero-order valence-corrected chi connectivity index (χ0v) is 12.0. The lowest BCUT2D eigenvalue weighted by molar-refractivity contribution is 0.709. The van der Waals surface area contributed by atoms with Crippen LogP contribution in [-0.2, 0) is 6.04 Å². The summed E-state index contributed by atoms with van der Waals surface area (Å²) >= 11 is 0. The molecule has 0 fully saturated rings. The first-order valence-corrected chi connectivity index (χ1v) is 8.06. The van der Waals surface area contributed by atoms with Crippen LogP contribution in [0.25, 0.3) is 0 Å². The van der Waals surface area contributed by atoms with E-state index in [4.69, 9.17) is 0 Å². The summed E-state index contributed by atoms with van der Waals surface area (Å²) < 4.78 is 0. The topological polar surface area (TPSA) is 25.8 Å². The second kappa shape index (κ2) is 6.14. The Hall–Kier alpha value is -0.703. The maximum atomic E-state index is 4.35. The molecule has 16 heavy (non-hydrogen) atoms. The predicted molar refractivity (Wildman–Crippen MR) is 70.9 cm³/mol. The summed E-state index contributed by atoms with van der Waals surface area (Å²) in [6.45, 7) is 9.35. The van der Waals surface area contributed by atoms with E-state index >= 15 is 0 Å². The normalized spacial score (nSPS) is 12.1. The summed E-state index contributed by atoms with van der Waals surface area (Å²) in [4.78, 5) is 8.71. The zero-order valence-electron chi connectivity index (χ0n) is 11.0. The molecule has 0 saturated heterocycles. The Labute approximate surface area is 101 Å². The molecule has 0 saturated carbocycles. The molecular weight excluding hydrogens is 212 g/mol. The van der Waals surface area contributed by atoms with Crippen LogP contribution in [0.15, 0.2) is 18.5 Å². The average Bonchev–Trinajstić information content (AvgIpc) is 2.24. The molecule has 0 spiro atoms. The molecule has 0 aromatic carbocycles. The van der Waals surface area contributed by atoms with E-state index in [0.29, 0.717) is 5.04 Å². The minimum atomic E-state index is -0.400. The Balaban J connectivity index is 2.64. The monoisotopic (exact) mass is 235 g/mol. The lowest BCUT2D eigenvalue weighted by Crippen LogP contribution is -2.29. The van der Waals surface area contributed by atoms with E-state index in [1.54, 1.807) is 0 Å². The summed E-state index contributed by atoms with van der Waals surface area (Å²) in [6, 6.07) is 4.37. The molecule has 0 N–H and O–H groups in total. The second-order valence-corrected chi connectivity index (χ2v) is 8.86. The summed E-state index contributed by atoms with van der Waals surface area (Å²) in [7, 11) is -0.400. The number of aromatic nitrogens is 2. The van der Waals surface area contributed by atoms with Gasteiger partial charge in [0.05, 0.1) is 8.80 Å². The molecule has 0 aliphatic heterocycles. The van der Waals surface area contributed by atoms with Crippen molar-refractivity contribution in [2.45, 2.75) is 57.7 Å². The van der Waals surface area contributed by atoms with Gasteiger partial charge in [-0.1, -0.05) is 46.6 Å². The third-order valence-corrected chi connectivity index (χ3v) is 6.70. The maximum absolute atomic E-state index is 4.35. The molecule has 0 aliphatic rings. The zero-order chi connectivity index (χ0) is 12.0. The quantitative estimate of drug-likeness (QED) is 0.728. The minimum Gasteiger partial charge on any atom is -0.242 e. The van der Waals surface area contributed by atoms with Gasteiger partial charge in [0.2, 0.25) is 0 Å². The molecule has 2 nitrogen and oxygen atoms in total. The van der Waals surface area contributed by atoms with Crippen molar-refractivity contribution in [1.29, 1.82) is 0 Å². The Bertz CT molecular complexity index is 293. The van der Waals surface area contributed by atoms with Gasteiger partial charge >= 0.3 is 0 Å². The van der Waals surface area contributed by atoms with Crippen LogP contribution in [0.4, 0.5) is 0 Å². The van der Waals surface area contributed by atoms with Gasteiger partial charge in [-0.15, -0.1) is 0 Å². The van der Waals surface area contributed by atoms with Crippen molar-refractivity contribution in [1.82, 2.24) is 9.97 Å². The van der Waals surface area contributed by atoms with Gasteiger partial charge < -0.3 is 0 Å². The van der Waals surface area contributed by atoms with Gasteiger partial charge in [0.25, 0.3) is 0 Å². The van der Waals surface area contributed by atoms with E-state index in [2.05, 4.69) is 37.7 Å². The maximum Gasteiger partial charge on any atom is 0.125 e. The van der Waals surface area contributed by atoms with Gasteiger partial charge in [0.1, 0.15) is 5.82 Å². The van der Waals surface area contributed by atoms with Crippen LogP contribution in [-0.4, -0.2) is 18.8 Å². The van der Waals surface area contributed by atoms with Crippen LogP contribution in [0.3, 0.4) is 0 Å². The van der Waals surface area contributed by atoms with Crippen LogP contribution < -0.4 is 0 Å². The van der Waals surface area contributed by atoms with Gasteiger partial charge in [-0.2, -0.15) is 0 Å². The molecule has 0 bridgehead atoms. The third kappa shape index (κ3) is 4.43. The number of hydrogen-bond acceptors (Lipinski definition) is 2. The minimum absolute atomic E-state index is 0.400. The fourth-order valence-electron chi connectivity index (χ4n) is 1.73. The summed E-state index contributed by atoms with van der Waals surface area (Å²) in [5, 5.41) is 0.443. The van der Waals surface area contributed by atoms with Crippen molar-refractivity contribution in [3.05, 3.63) is 24.3 Å². The fourth-order valence-corrected chi connectivity index (χ4v) is 4.53. The van der Waals surface area contributed by atoms with E-state index in [1.165, 1.54) is 18.9 Å². The molecule has 0 aliphatic carbocycles. The van der Waals surface area contributed by atoms with Crippen LogP contribution in [0.2, 0.25) is 11.1 Å². The van der Waals surface area contributed by atoms with Crippen molar-refractivity contribution in [3.8, 4) is 0 Å². The Morgan fingerprint density at radius 1 is 1.19 bits per heavy atom. The second-order valence-electron chi connectivity index (χ2n) is 5.30. The van der Waals surface area contributed by atoms with Gasteiger partial charge in [-0.25, -0.2) is 9.97 Å². The van der Waals surface area contributed by atoms with Crippen molar-refractivity contribution < 1.29 is 0 Å². The number of nitrogens with zero attached hydrogens (tertiary/aromatic N) is 2. The SMILES string of the molecule is CCCC[Si](Cc1ncccn1)C(C)(C)C. The average molecular weight is 235 g/mol. The van der Waals surface area contributed by atoms with Gasteiger partial charge in [-0.3, -0.25) is 0 Å². The summed E-state index contributed by atoms with van der Waals surface area (Å²) in [5.74, 6) is 1.03. The molecule has 1 rings (SSSR count). The molecule has 1 aromatic rings. The number of rotatable bonds is 5. The standard InChI is InChI=1S/C13H23N2Si/c1-5-6-10-16(13(2,3)4)11-12-14-8-7-9-15-12/h7-9H,5-6,10-11H2,1-4H3. The fraction of sp³-hybridized carbons (Fsp3) is 0.692. The highest BCUT2D eigenvalue weighted by atomic mass is 28.3. The molecule has 1 heterocycles. The number of hydrogen-bond donors (Lipinski definition) is 0. The van der Waals surface area contributed by atoms with E-state index in [9.17, 15) is 0 Å². The largest absolute Gasteiger partial charge is 0.242 e. The summed E-state index contributed by atoms with van der Waals surface area (Å²) in [5.41, 5.74) is 0. The Kier molecular flexibility index (Phi) is 5.12. The first-order chi connectivity index (χ1) is 7.54. The number of unbranched alkanes of at least 4 members (excludes halogenated alkanes) is 1. The highest BCUT2D eigenvalue weighted by Gasteiger charge is 2.26. The van der Waals surface area contributed by atoms with Crippen molar-refractivity contribution >= 4 is 8.80 Å². The van der Waals surface area contributed by atoms with Crippen LogP contribution in [0.5, 0.6) is 0 Å². The highest BCUT2D eigenvalue weighted by Crippen LogP contribution is 2.31. The van der Waals surface area contributed by atoms with Crippen LogP contribution in [0.1, 0.15) is 46.4 Å².